The van der Waals surface area contributed by atoms with E-state index in [1.807, 2.05) is 18.2 Å². The van der Waals surface area contributed by atoms with E-state index in [0.29, 0.717) is 27.3 Å². The lowest BCUT2D eigenvalue weighted by atomic mass is 10.1. The van der Waals surface area contributed by atoms with Gasteiger partial charge in [-0.3, -0.25) is 19.0 Å². The number of thioether (sulfide) groups is 1. The Morgan fingerprint density at radius 2 is 1.73 bits per heavy atom. The van der Waals surface area contributed by atoms with Gasteiger partial charge < -0.3 is 10.6 Å². The molecule has 5 rings (SSSR count). The summed E-state index contributed by atoms with van der Waals surface area (Å²) < 4.78 is 1.78. The van der Waals surface area contributed by atoms with Crippen molar-refractivity contribution in [2.45, 2.75) is 55.8 Å². The Balaban J connectivity index is 1.35. The van der Waals surface area contributed by atoms with Crippen LogP contribution in [0.1, 0.15) is 54.9 Å². The molecule has 1 heterocycles. The summed E-state index contributed by atoms with van der Waals surface area (Å²) >= 11 is 1.26. The van der Waals surface area contributed by atoms with E-state index in [-0.39, 0.29) is 35.2 Å². The molecule has 3 aromatic rings. The van der Waals surface area contributed by atoms with Gasteiger partial charge in [0, 0.05) is 12.1 Å². The van der Waals surface area contributed by atoms with Gasteiger partial charge in [-0.2, -0.15) is 0 Å². The summed E-state index contributed by atoms with van der Waals surface area (Å²) in [5, 5.41) is 7.00. The van der Waals surface area contributed by atoms with E-state index in [9.17, 15) is 14.4 Å². The van der Waals surface area contributed by atoms with Crippen LogP contribution in [0.15, 0.2) is 58.5 Å². The van der Waals surface area contributed by atoms with Crippen LogP contribution in [0, 0.1) is 0 Å². The summed E-state index contributed by atoms with van der Waals surface area (Å²) in [6, 6.07) is 14.7. The minimum Gasteiger partial charge on any atom is -0.349 e. The van der Waals surface area contributed by atoms with Crippen LogP contribution in [-0.2, 0) is 4.79 Å². The highest BCUT2D eigenvalue weighted by Gasteiger charge is 2.26. The lowest BCUT2D eigenvalue weighted by Gasteiger charge is -2.18. The standard InChI is InChI=1S/C25H26N4O3S/c30-22(27-20-11-5-3-9-18(20)23(31)26-16-13-14-16)15-33-25-28-21-12-6-4-10-19(21)24(32)29(25)17-7-1-2-8-17/h3-6,9-12,16-17H,1-2,7-8,13-15H2,(H,26,31)(H,27,30). The summed E-state index contributed by atoms with van der Waals surface area (Å²) in [5.74, 6) is -0.324. The van der Waals surface area contributed by atoms with Crippen molar-refractivity contribution in [3.63, 3.8) is 0 Å². The summed E-state index contributed by atoms with van der Waals surface area (Å²) in [6.07, 6.45) is 6.07. The van der Waals surface area contributed by atoms with E-state index in [4.69, 9.17) is 4.98 Å². The minimum atomic E-state index is -0.243. The van der Waals surface area contributed by atoms with Crippen LogP contribution in [0.2, 0.25) is 0 Å². The van der Waals surface area contributed by atoms with Crippen LogP contribution >= 0.6 is 11.8 Å². The van der Waals surface area contributed by atoms with Crippen molar-refractivity contribution in [1.29, 1.82) is 0 Å². The molecule has 2 amide bonds. The number of para-hydroxylation sites is 2. The summed E-state index contributed by atoms with van der Waals surface area (Å²) in [7, 11) is 0. The highest BCUT2D eigenvalue weighted by molar-refractivity contribution is 7.99. The van der Waals surface area contributed by atoms with E-state index in [1.165, 1.54) is 11.8 Å². The van der Waals surface area contributed by atoms with Crippen LogP contribution in [0.25, 0.3) is 10.9 Å². The Labute approximate surface area is 196 Å². The molecule has 170 valence electrons. The van der Waals surface area contributed by atoms with Gasteiger partial charge in [-0.15, -0.1) is 0 Å². The van der Waals surface area contributed by atoms with Crippen molar-refractivity contribution in [2.75, 3.05) is 11.1 Å². The van der Waals surface area contributed by atoms with Crippen LogP contribution in [0.3, 0.4) is 0 Å². The number of nitrogens with zero attached hydrogens (tertiary/aromatic N) is 2. The molecule has 0 bridgehead atoms. The number of nitrogens with one attached hydrogen (secondary N) is 2. The van der Waals surface area contributed by atoms with Gasteiger partial charge in [0.05, 0.1) is 27.9 Å². The minimum absolute atomic E-state index is 0.0440. The molecule has 2 saturated carbocycles. The van der Waals surface area contributed by atoms with Gasteiger partial charge in [0.2, 0.25) is 5.91 Å². The number of fused-ring (bicyclic) bond motifs is 1. The molecular weight excluding hydrogens is 436 g/mol. The predicted molar refractivity (Wildman–Crippen MR) is 130 cm³/mol. The molecule has 0 radical (unpaired) electrons. The highest BCUT2D eigenvalue weighted by Crippen LogP contribution is 2.32. The Morgan fingerprint density at radius 1 is 1.00 bits per heavy atom. The molecule has 2 fully saturated rings. The Bertz CT molecular complexity index is 1260. The van der Waals surface area contributed by atoms with Gasteiger partial charge in [-0.25, -0.2) is 4.98 Å². The number of anilines is 1. The second kappa shape index (κ2) is 9.39. The molecule has 2 N–H and O–H groups in total. The molecule has 7 nitrogen and oxygen atoms in total. The quantitative estimate of drug-likeness (QED) is 0.407. The lowest BCUT2D eigenvalue weighted by molar-refractivity contribution is -0.113. The maximum Gasteiger partial charge on any atom is 0.262 e. The first-order valence-corrected chi connectivity index (χ1v) is 12.4. The van der Waals surface area contributed by atoms with Gasteiger partial charge >= 0.3 is 0 Å². The number of rotatable bonds is 7. The van der Waals surface area contributed by atoms with Gasteiger partial charge in [0.25, 0.3) is 11.5 Å². The van der Waals surface area contributed by atoms with Gasteiger partial charge in [0.15, 0.2) is 5.16 Å². The smallest absolute Gasteiger partial charge is 0.262 e. The molecular formula is C25H26N4O3S. The van der Waals surface area contributed by atoms with Crippen LogP contribution < -0.4 is 16.2 Å². The van der Waals surface area contributed by atoms with Crippen molar-refractivity contribution in [3.8, 4) is 0 Å². The summed E-state index contributed by atoms with van der Waals surface area (Å²) in [6.45, 7) is 0. The van der Waals surface area contributed by atoms with Crippen molar-refractivity contribution in [3.05, 3.63) is 64.4 Å². The average Bonchev–Trinajstić information content (AvgIpc) is 3.47. The van der Waals surface area contributed by atoms with Gasteiger partial charge in [0.1, 0.15) is 0 Å². The molecule has 0 saturated heterocycles. The van der Waals surface area contributed by atoms with E-state index in [0.717, 1.165) is 38.5 Å². The highest BCUT2D eigenvalue weighted by atomic mass is 32.2. The van der Waals surface area contributed by atoms with E-state index in [2.05, 4.69) is 10.6 Å². The first-order chi connectivity index (χ1) is 16.1. The van der Waals surface area contributed by atoms with Crippen molar-refractivity contribution >= 4 is 40.2 Å². The first kappa shape index (κ1) is 21.7. The third-order valence-electron chi connectivity index (χ3n) is 6.16. The number of carbonyl (C=O) groups is 2. The second-order valence-corrected chi connectivity index (χ2v) is 9.60. The van der Waals surface area contributed by atoms with E-state index >= 15 is 0 Å². The molecule has 2 aliphatic carbocycles. The Kier molecular flexibility index (Phi) is 6.17. The molecule has 2 aromatic carbocycles. The molecule has 0 aliphatic heterocycles. The molecule has 0 unspecified atom stereocenters. The third-order valence-corrected chi connectivity index (χ3v) is 7.11. The Hall–Kier alpha value is -3.13. The molecule has 8 heteroatoms. The van der Waals surface area contributed by atoms with Crippen molar-refractivity contribution in [2.24, 2.45) is 0 Å². The number of hydrogen-bond acceptors (Lipinski definition) is 5. The topological polar surface area (TPSA) is 93.1 Å². The first-order valence-electron chi connectivity index (χ1n) is 11.4. The summed E-state index contributed by atoms with van der Waals surface area (Å²) in [4.78, 5) is 43.3. The number of benzene rings is 2. The van der Waals surface area contributed by atoms with Crippen molar-refractivity contribution < 1.29 is 9.59 Å². The number of carbonyl (C=O) groups excluding carboxylic acids is 2. The molecule has 0 spiro atoms. The summed E-state index contributed by atoms with van der Waals surface area (Å²) in [5.41, 5.74) is 1.54. The number of hydrogen-bond donors (Lipinski definition) is 2. The number of aromatic nitrogens is 2. The fourth-order valence-corrected chi connectivity index (χ4v) is 5.18. The SMILES string of the molecule is O=C(CSc1nc2ccccc2c(=O)n1C1CCCC1)Nc1ccccc1C(=O)NC1CC1. The predicted octanol–water partition coefficient (Wildman–Crippen LogP) is 4.13. The molecule has 1 aromatic heterocycles. The number of amides is 2. The zero-order chi connectivity index (χ0) is 22.8. The second-order valence-electron chi connectivity index (χ2n) is 8.66. The normalized spacial score (nSPS) is 16.1. The zero-order valence-corrected chi connectivity index (χ0v) is 19.1. The van der Waals surface area contributed by atoms with E-state index < -0.39 is 0 Å². The fourth-order valence-electron chi connectivity index (χ4n) is 4.31. The van der Waals surface area contributed by atoms with E-state index in [1.54, 1.807) is 34.9 Å². The third kappa shape index (κ3) is 4.80. The largest absolute Gasteiger partial charge is 0.349 e. The average molecular weight is 463 g/mol. The van der Waals surface area contributed by atoms with Crippen LogP contribution in [-0.4, -0.2) is 33.2 Å². The molecule has 2 aliphatic rings. The maximum atomic E-state index is 13.2. The van der Waals surface area contributed by atoms with Crippen LogP contribution in [0.4, 0.5) is 5.69 Å². The fraction of sp³-hybridized carbons (Fsp3) is 0.360. The van der Waals surface area contributed by atoms with Gasteiger partial charge in [-0.1, -0.05) is 48.9 Å². The monoisotopic (exact) mass is 462 g/mol. The Morgan fingerprint density at radius 3 is 2.52 bits per heavy atom. The maximum absolute atomic E-state index is 13.2. The van der Waals surface area contributed by atoms with Crippen LogP contribution in [0.5, 0.6) is 0 Å². The van der Waals surface area contributed by atoms with Gasteiger partial charge in [-0.05, 0) is 49.9 Å². The molecule has 33 heavy (non-hydrogen) atoms. The zero-order valence-electron chi connectivity index (χ0n) is 18.3. The molecule has 0 atom stereocenters. The lowest BCUT2D eigenvalue weighted by Crippen LogP contribution is -2.28. The van der Waals surface area contributed by atoms with Crippen molar-refractivity contribution in [1.82, 2.24) is 14.9 Å².